The predicted molar refractivity (Wildman–Crippen MR) is 73.1 cm³/mol. The van der Waals surface area contributed by atoms with Gasteiger partial charge in [-0.2, -0.15) is 0 Å². The summed E-state index contributed by atoms with van der Waals surface area (Å²) >= 11 is 0. The summed E-state index contributed by atoms with van der Waals surface area (Å²) in [6, 6.07) is 7.62. The van der Waals surface area contributed by atoms with Gasteiger partial charge in [0.05, 0.1) is 6.10 Å². The van der Waals surface area contributed by atoms with Crippen LogP contribution >= 0.6 is 0 Å². The van der Waals surface area contributed by atoms with Crippen LogP contribution in [0.15, 0.2) is 24.3 Å². The number of benzene rings is 1. The molecule has 1 aliphatic heterocycles. The van der Waals surface area contributed by atoms with E-state index in [0.29, 0.717) is 19.6 Å². The van der Waals surface area contributed by atoms with Gasteiger partial charge in [-0.25, -0.2) is 0 Å². The van der Waals surface area contributed by atoms with Crippen molar-refractivity contribution in [2.45, 2.75) is 32.3 Å². The molecule has 2 unspecified atom stereocenters. The first kappa shape index (κ1) is 13.9. The lowest BCUT2D eigenvalue weighted by molar-refractivity contribution is -0.122. The third-order valence-corrected chi connectivity index (χ3v) is 3.53. The topological polar surface area (TPSA) is 58.6 Å². The first-order valence-corrected chi connectivity index (χ1v) is 6.77. The molecule has 0 aliphatic carbocycles. The summed E-state index contributed by atoms with van der Waals surface area (Å²) in [5.74, 6) is 0.755. The zero-order valence-corrected chi connectivity index (χ0v) is 11.4. The van der Waals surface area contributed by atoms with Crippen molar-refractivity contribution in [3.05, 3.63) is 29.8 Å². The summed E-state index contributed by atoms with van der Waals surface area (Å²) in [7, 11) is 0. The van der Waals surface area contributed by atoms with Crippen molar-refractivity contribution in [2.75, 3.05) is 13.2 Å². The minimum absolute atomic E-state index is 0.0269. The number of aliphatic hydroxyl groups is 1. The Hall–Kier alpha value is -1.55. The largest absolute Gasteiger partial charge is 0.492 e. The number of amides is 1. The molecule has 0 fully saturated rings. The second-order valence-corrected chi connectivity index (χ2v) is 5.29. The summed E-state index contributed by atoms with van der Waals surface area (Å²) in [5, 5.41) is 12.6. The molecule has 0 radical (unpaired) electrons. The van der Waals surface area contributed by atoms with E-state index in [4.69, 9.17) is 4.74 Å². The van der Waals surface area contributed by atoms with Crippen LogP contribution in [0.2, 0.25) is 0 Å². The van der Waals surface area contributed by atoms with Crippen LogP contribution in [-0.2, 0) is 4.79 Å². The van der Waals surface area contributed by atoms with Gasteiger partial charge < -0.3 is 15.2 Å². The molecule has 104 valence electrons. The summed E-state index contributed by atoms with van der Waals surface area (Å²) in [6.07, 6.45) is 0.214. The fourth-order valence-electron chi connectivity index (χ4n) is 2.18. The van der Waals surface area contributed by atoms with Gasteiger partial charge in [-0.1, -0.05) is 32.0 Å². The fraction of sp³-hybridized carbons (Fsp3) is 0.533. The molecule has 4 nitrogen and oxygen atoms in total. The van der Waals surface area contributed by atoms with Gasteiger partial charge in [-0.15, -0.1) is 0 Å². The van der Waals surface area contributed by atoms with Crippen LogP contribution in [0.4, 0.5) is 0 Å². The van der Waals surface area contributed by atoms with E-state index in [1.165, 1.54) is 0 Å². The predicted octanol–water partition coefficient (Wildman–Crippen LogP) is 1.69. The van der Waals surface area contributed by atoms with Gasteiger partial charge in [0.25, 0.3) is 0 Å². The maximum absolute atomic E-state index is 12.1. The van der Waals surface area contributed by atoms with Gasteiger partial charge in [0, 0.05) is 12.1 Å². The van der Waals surface area contributed by atoms with E-state index < -0.39 is 0 Å². The van der Waals surface area contributed by atoms with E-state index in [1.54, 1.807) is 0 Å². The van der Waals surface area contributed by atoms with Gasteiger partial charge in [0.15, 0.2) is 0 Å². The Morgan fingerprint density at radius 2 is 2.21 bits per heavy atom. The van der Waals surface area contributed by atoms with Crippen molar-refractivity contribution in [1.82, 2.24) is 5.32 Å². The maximum Gasteiger partial charge on any atom is 0.231 e. The van der Waals surface area contributed by atoms with Gasteiger partial charge in [-0.05, 0) is 18.4 Å². The number of ether oxygens (including phenoxy) is 1. The van der Waals surface area contributed by atoms with Crippen LogP contribution < -0.4 is 10.1 Å². The number of hydrogen-bond donors (Lipinski definition) is 2. The number of nitrogens with one attached hydrogen (secondary N) is 1. The molecule has 1 heterocycles. The highest BCUT2D eigenvalue weighted by Gasteiger charge is 2.29. The zero-order chi connectivity index (χ0) is 13.8. The van der Waals surface area contributed by atoms with Gasteiger partial charge in [-0.3, -0.25) is 4.79 Å². The molecule has 0 saturated heterocycles. The number of fused-ring (bicyclic) bond motifs is 1. The normalized spacial score (nSPS) is 18.8. The number of carbonyl (C=O) groups excluding carboxylic acids is 1. The number of para-hydroxylation sites is 1. The van der Waals surface area contributed by atoms with Crippen LogP contribution in [0.5, 0.6) is 5.75 Å². The van der Waals surface area contributed by atoms with E-state index >= 15 is 0 Å². The minimum Gasteiger partial charge on any atom is -0.492 e. The smallest absolute Gasteiger partial charge is 0.231 e. The van der Waals surface area contributed by atoms with E-state index in [2.05, 4.69) is 5.32 Å². The minimum atomic E-state index is -0.368. The number of rotatable bonds is 5. The van der Waals surface area contributed by atoms with Crippen LogP contribution in [-0.4, -0.2) is 30.3 Å². The molecule has 19 heavy (non-hydrogen) atoms. The Morgan fingerprint density at radius 3 is 2.95 bits per heavy atom. The van der Waals surface area contributed by atoms with Crippen molar-refractivity contribution < 1.29 is 14.6 Å². The van der Waals surface area contributed by atoms with Crippen LogP contribution in [0.3, 0.4) is 0 Å². The molecule has 0 saturated carbocycles. The Bertz CT molecular complexity index is 445. The van der Waals surface area contributed by atoms with Crippen LogP contribution in [0, 0.1) is 5.92 Å². The molecule has 2 N–H and O–H groups in total. The second kappa shape index (κ2) is 6.06. The van der Waals surface area contributed by atoms with E-state index in [9.17, 15) is 9.90 Å². The summed E-state index contributed by atoms with van der Waals surface area (Å²) in [5.41, 5.74) is 0.949. The first-order valence-electron chi connectivity index (χ1n) is 6.77. The molecular formula is C15H21NO3. The Kier molecular flexibility index (Phi) is 4.43. The van der Waals surface area contributed by atoms with Crippen molar-refractivity contribution in [1.29, 1.82) is 0 Å². The Morgan fingerprint density at radius 1 is 1.47 bits per heavy atom. The molecule has 1 amide bonds. The number of carbonyl (C=O) groups is 1. The van der Waals surface area contributed by atoms with Crippen molar-refractivity contribution in [2.24, 2.45) is 5.92 Å². The molecule has 0 bridgehead atoms. The zero-order valence-electron chi connectivity index (χ0n) is 11.4. The molecule has 1 aromatic carbocycles. The third kappa shape index (κ3) is 3.26. The van der Waals surface area contributed by atoms with Gasteiger partial charge in [0.1, 0.15) is 18.3 Å². The molecule has 2 rings (SSSR count). The lowest BCUT2D eigenvalue weighted by Crippen LogP contribution is -2.33. The van der Waals surface area contributed by atoms with E-state index in [0.717, 1.165) is 11.3 Å². The summed E-state index contributed by atoms with van der Waals surface area (Å²) in [4.78, 5) is 12.1. The SMILES string of the molecule is CC(C)C(O)CCNC(=O)C1COc2ccccc21. The lowest BCUT2D eigenvalue weighted by atomic mass is 10.00. The van der Waals surface area contributed by atoms with Crippen molar-refractivity contribution >= 4 is 5.91 Å². The van der Waals surface area contributed by atoms with Gasteiger partial charge in [0.2, 0.25) is 5.91 Å². The molecule has 1 aromatic rings. The molecule has 4 heteroatoms. The monoisotopic (exact) mass is 263 g/mol. The van der Waals surface area contributed by atoms with Crippen molar-refractivity contribution in [3.8, 4) is 5.75 Å². The van der Waals surface area contributed by atoms with Crippen LogP contribution in [0.1, 0.15) is 31.7 Å². The Balaban J connectivity index is 1.85. The molecule has 0 aromatic heterocycles. The summed E-state index contributed by atoms with van der Waals surface area (Å²) < 4.78 is 5.49. The molecule has 0 spiro atoms. The second-order valence-electron chi connectivity index (χ2n) is 5.29. The highest BCUT2D eigenvalue weighted by atomic mass is 16.5. The van der Waals surface area contributed by atoms with E-state index in [-0.39, 0.29) is 23.8 Å². The number of hydrogen-bond acceptors (Lipinski definition) is 3. The van der Waals surface area contributed by atoms with Crippen molar-refractivity contribution in [3.63, 3.8) is 0 Å². The molecular weight excluding hydrogens is 242 g/mol. The van der Waals surface area contributed by atoms with Crippen LogP contribution in [0.25, 0.3) is 0 Å². The van der Waals surface area contributed by atoms with Gasteiger partial charge >= 0.3 is 0 Å². The number of aliphatic hydroxyl groups excluding tert-OH is 1. The lowest BCUT2D eigenvalue weighted by Gasteiger charge is -2.15. The molecule has 2 atom stereocenters. The first-order chi connectivity index (χ1) is 9.09. The fourth-order valence-corrected chi connectivity index (χ4v) is 2.18. The quantitative estimate of drug-likeness (QED) is 0.850. The Labute approximate surface area is 113 Å². The van der Waals surface area contributed by atoms with E-state index in [1.807, 2.05) is 38.1 Å². The highest BCUT2D eigenvalue weighted by molar-refractivity contribution is 5.85. The summed E-state index contributed by atoms with van der Waals surface area (Å²) in [6.45, 7) is 4.83. The molecule has 1 aliphatic rings. The average molecular weight is 263 g/mol. The standard InChI is InChI=1S/C15H21NO3/c1-10(2)13(17)7-8-16-15(18)12-9-19-14-6-4-3-5-11(12)14/h3-6,10,12-13,17H,7-9H2,1-2H3,(H,16,18). The average Bonchev–Trinajstić information content (AvgIpc) is 2.82. The maximum atomic E-state index is 12.1. The third-order valence-electron chi connectivity index (χ3n) is 3.53. The highest BCUT2D eigenvalue weighted by Crippen LogP contribution is 2.33.